The largest absolute Gasteiger partial charge is 0.328 e. The molecule has 0 atom stereocenters. The normalized spacial score (nSPS) is 15.9. The van der Waals surface area contributed by atoms with Crippen molar-refractivity contribution < 1.29 is 9.18 Å². The van der Waals surface area contributed by atoms with Crippen molar-refractivity contribution in [3.05, 3.63) is 82.9 Å². The molecule has 0 aliphatic carbocycles. The number of hydrogen-bond acceptors (Lipinski definition) is 4. The predicted molar refractivity (Wildman–Crippen MR) is 94.9 cm³/mol. The van der Waals surface area contributed by atoms with Crippen LogP contribution in [0.15, 0.2) is 71.0 Å². The van der Waals surface area contributed by atoms with Crippen molar-refractivity contribution in [1.82, 2.24) is 10.2 Å². The standard InChI is InChI=1S/C19H14FN5O/c20-15-8-6-13(7-9-15)11-23-16(10-21)17-18(22)25(19(26)24-17)12-14-4-2-1-3-5-14/h1-9,11,22H,12H2,(H,24,26)/b17-16+,22-18?,23-11?. The first kappa shape index (κ1) is 17.0. The molecule has 0 unspecified atom stereocenters. The second-order valence-electron chi connectivity index (χ2n) is 5.50. The molecular formula is C19H14FN5O. The number of benzene rings is 2. The number of amidine groups is 1. The number of nitrogens with one attached hydrogen (secondary N) is 2. The summed E-state index contributed by atoms with van der Waals surface area (Å²) in [5.41, 5.74) is 1.41. The minimum absolute atomic E-state index is 0.0480. The quantitative estimate of drug-likeness (QED) is 0.657. The molecule has 0 bridgehead atoms. The van der Waals surface area contributed by atoms with Crippen LogP contribution in [0.2, 0.25) is 0 Å². The van der Waals surface area contributed by atoms with Crippen LogP contribution in [0.5, 0.6) is 0 Å². The number of carbonyl (C=O) groups excluding carboxylic acids is 1. The Bertz CT molecular complexity index is 942. The summed E-state index contributed by atoms with van der Waals surface area (Å²) in [7, 11) is 0. The van der Waals surface area contributed by atoms with Gasteiger partial charge in [-0.05, 0) is 23.3 Å². The maximum Gasteiger partial charge on any atom is 0.328 e. The molecule has 1 heterocycles. The van der Waals surface area contributed by atoms with E-state index in [1.807, 2.05) is 36.4 Å². The molecule has 0 aromatic heterocycles. The molecule has 0 radical (unpaired) electrons. The minimum atomic E-state index is -0.487. The molecule has 2 aromatic rings. The van der Waals surface area contributed by atoms with Crippen LogP contribution in [0.1, 0.15) is 11.1 Å². The molecule has 1 fully saturated rings. The molecule has 6 nitrogen and oxygen atoms in total. The molecule has 26 heavy (non-hydrogen) atoms. The molecule has 0 saturated carbocycles. The van der Waals surface area contributed by atoms with Gasteiger partial charge in [-0.15, -0.1) is 0 Å². The van der Waals surface area contributed by atoms with Gasteiger partial charge in [-0.25, -0.2) is 14.2 Å². The van der Waals surface area contributed by atoms with E-state index in [4.69, 9.17) is 5.41 Å². The lowest BCUT2D eigenvalue weighted by Gasteiger charge is -2.13. The summed E-state index contributed by atoms with van der Waals surface area (Å²) in [5, 5.41) is 20.1. The monoisotopic (exact) mass is 347 g/mol. The Balaban J connectivity index is 1.84. The van der Waals surface area contributed by atoms with E-state index in [-0.39, 0.29) is 29.6 Å². The SMILES string of the molecule is N#C/C(N=Cc1ccc(F)cc1)=C1\NC(=O)N(Cc2ccccc2)C1=N. The molecule has 1 saturated heterocycles. The molecule has 7 heteroatoms. The van der Waals surface area contributed by atoms with Gasteiger partial charge in [-0.1, -0.05) is 42.5 Å². The van der Waals surface area contributed by atoms with Gasteiger partial charge in [0.05, 0.1) is 6.54 Å². The van der Waals surface area contributed by atoms with Crippen molar-refractivity contribution in [3.63, 3.8) is 0 Å². The van der Waals surface area contributed by atoms with Crippen molar-refractivity contribution >= 4 is 18.1 Å². The van der Waals surface area contributed by atoms with Crippen LogP contribution in [0.4, 0.5) is 9.18 Å². The zero-order valence-electron chi connectivity index (χ0n) is 13.6. The van der Waals surface area contributed by atoms with E-state index in [0.717, 1.165) is 5.56 Å². The third-order valence-electron chi connectivity index (χ3n) is 3.72. The number of carbonyl (C=O) groups is 1. The number of urea groups is 1. The Hall–Kier alpha value is -3.79. The lowest BCUT2D eigenvalue weighted by molar-refractivity contribution is 0.227. The number of nitriles is 1. The fraction of sp³-hybridized carbons (Fsp3) is 0.0526. The number of halogens is 1. The molecule has 3 rings (SSSR count). The molecule has 1 aliphatic rings. The van der Waals surface area contributed by atoms with Crippen LogP contribution in [0.25, 0.3) is 0 Å². The molecule has 2 aromatic carbocycles. The Morgan fingerprint density at radius 2 is 1.92 bits per heavy atom. The van der Waals surface area contributed by atoms with Gasteiger partial charge in [-0.2, -0.15) is 5.26 Å². The maximum absolute atomic E-state index is 12.9. The topological polar surface area (TPSA) is 92.3 Å². The van der Waals surface area contributed by atoms with Gasteiger partial charge in [0, 0.05) is 6.21 Å². The predicted octanol–water partition coefficient (Wildman–Crippen LogP) is 3.18. The van der Waals surface area contributed by atoms with E-state index < -0.39 is 6.03 Å². The number of amides is 2. The fourth-order valence-corrected chi connectivity index (χ4v) is 2.40. The number of rotatable bonds is 4. The molecule has 2 N–H and O–H groups in total. The van der Waals surface area contributed by atoms with E-state index >= 15 is 0 Å². The highest BCUT2D eigenvalue weighted by Crippen LogP contribution is 2.18. The number of allylic oxidation sites excluding steroid dienone is 1. The highest BCUT2D eigenvalue weighted by Gasteiger charge is 2.32. The Labute approximate surface area is 149 Å². The first-order chi connectivity index (χ1) is 12.6. The molecule has 2 amide bonds. The third kappa shape index (κ3) is 3.65. The van der Waals surface area contributed by atoms with E-state index in [2.05, 4.69) is 10.3 Å². The average Bonchev–Trinajstić information content (AvgIpc) is 2.93. The van der Waals surface area contributed by atoms with Crippen molar-refractivity contribution in [1.29, 1.82) is 10.7 Å². The highest BCUT2D eigenvalue weighted by atomic mass is 19.1. The molecule has 1 aliphatic heterocycles. The first-order valence-corrected chi connectivity index (χ1v) is 7.74. The van der Waals surface area contributed by atoms with Crippen molar-refractivity contribution in [2.24, 2.45) is 4.99 Å². The van der Waals surface area contributed by atoms with E-state index in [0.29, 0.717) is 5.56 Å². The van der Waals surface area contributed by atoms with Gasteiger partial charge >= 0.3 is 6.03 Å². The summed E-state index contributed by atoms with van der Waals surface area (Å²) in [5.74, 6) is -0.492. The van der Waals surface area contributed by atoms with Gasteiger partial charge in [0.1, 0.15) is 17.6 Å². The van der Waals surface area contributed by atoms with Crippen LogP contribution in [-0.2, 0) is 6.54 Å². The summed E-state index contributed by atoms with van der Waals surface area (Å²) in [6.07, 6.45) is 1.38. The van der Waals surface area contributed by atoms with Crippen LogP contribution in [0.3, 0.4) is 0 Å². The minimum Gasteiger partial charge on any atom is -0.302 e. The summed E-state index contributed by atoms with van der Waals surface area (Å²) in [4.78, 5) is 17.4. The zero-order valence-corrected chi connectivity index (χ0v) is 13.6. The lowest BCUT2D eigenvalue weighted by Crippen LogP contribution is -2.29. The summed E-state index contributed by atoms with van der Waals surface area (Å²) >= 11 is 0. The summed E-state index contributed by atoms with van der Waals surface area (Å²) in [6.45, 7) is 0.218. The zero-order chi connectivity index (χ0) is 18.5. The van der Waals surface area contributed by atoms with Crippen molar-refractivity contribution in [3.8, 4) is 6.07 Å². The van der Waals surface area contributed by atoms with Crippen LogP contribution in [0, 0.1) is 22.6 Å². The summed E-state index contributed by atoms with van der Waals surface area (Å²) < 4.78 is 12.9. The van der Waals surface area contributed by atoms with Crippen molar-refractivity contribution in [2.75, 3.05) is 0 Å². The second-order valence-corrected chi connectivity index (χ2v) is 5.50. The number of nitrogens with zero attached hydrogens (tertiary/aromatic N) is 3. The van der Waals surface area contributed by atoms with Crippen LogP contribution < -0.4 is 5.32 Å². The third-order valence-corrected chi connectivity index (χ3v) is 3.72. The van der Waals surface area contributed by atoms with Crippen LogP contribution >= 0.6 is 0 Å². The molecule has 0 spiro atoms. The maximum atomic E-state index is 12.9. The Morgan fingerprint density at radius 3 is 2.58 bits per heavy atom. The smallest absolute Gasteiger partial charge is 0.302 e. The Morgan fingerprint density at radius 1 is 1.23 bits per heavy atom. The highest BCUT2D eigenvalue weighted by molar-refractivity contribution is 6.13. The number of hydrogen-bond donors (Lipinski definition) is 2. The van der Waals surface area contributed by atoms with E-state index in [1.54, 1.807) is 0 Å². The molecule has 128 valence electrons. The lowest BCUT2D eigenvalue weighted by atomic mass is 10.2. The van der Waals surface area contributed by atoms with Gasteiger partial charge in [0.15, 0.2) is 11.5 Å². The number of aliphatic imine (C=N–C) groups is 1. The van der Waals surface area contributed by atoms with Gasteiger partial charge < -0.3 is 5.32 Å². The Kier molecular flexibility index (Phi) is 4.85. The van der Waals surface area contributed by atoms with E-state index in [1.165, 1.54) is 35.4 Å². The van der Waals surface area contributed by atoms with Gasteiger partial charge in [0.25, 0.3) is 0 Å². The average molecular weight is 347 g/mol. The van der Waals surface area contributed by atoms with Gasteiger partial charge in [0.2, 0.25) is 0 Å². The molecular weight excluding hydrogens is 333 g/mol. The van der Waals surface area contributed by atoms with Crippen molar-refractivity contribution in [2.45, 2.75) is 6.54 Å². The first-order valence-electron chi connectivity index (χ1n) is 7.74. The van der Waals surface area contributed by atoms with E-state index in [9.17, 15) is 14.4 Å². The van der Waals surface area contributed by atoms with Gasteiger partial charge in [-0.3, -0.25) is 10.3 Å². The second kappa shape index (κ2) is 7.40. The fourth-order valence-electron chi connectivity index (χ4n) is 2.40. The summed E-state index contributed by atoms with van der Waals surface area (Å²) in [6, 6.07) is 16.2. The van der Waals surface area contributed by atoms with Crippen LogP contribution in [-0.4, -0.2) is 23.0 Å².